The van der Waals surface area contributed by atoms with Crippen molar-refractivity contribution in [3.8, 4) is 0 Å². The van der Waals surface area contributed by atoms with Gasteiger partial charge >= 0.3 is 0 Å². The summed E-state index contributed by atoms with van der Waals surface area (Å²) in [5.74, 6) is 0.518. The van der Waals surface area contributed by atoms with Gasteiger partial charge in [-0.25, -0.2) is 0 Å². The van der Waals surface area contributed by atoms with Crippen molar-refractivity contribution in [2.45, 2.75) is 39.2 Å². The van der Waals surface area contributed by atoms with E-state index in [2.05, 4.69) is 19.2 Å². The van der Waals surface area contributed by atoms with E-state index in [4.69, 9.17) is 9.47 Å². The molecule has 0 aliphatic rings. The zero-order chi connectivity index (χ0) is 13.1. The maximum atomic E-state index is 10.0. The molecule has 4 heteroatoms. The smallest absolute Gasteiger partial charge is 0.0746 e. The molecule has 0 amide bonds. The summed E-state index contributed by atoms with van der Waals surface area (Å²) in [6.45, 7) is 9.69. The SMILES string of the molecule is COCCOCCCNCC(C)(O)CC(C)C. The van der Waals surface area contributed by atoms with Gasteiger partial charge in [-0.3, -0.25) is 0 Å². The molecule has 104 valence electrons. The Morgan fingerprint density at radius 2 is 1.94 bits per heavy atom. The molecular formula is C13H29NO3. The van der Waals surface area contributed by atoms with Crippen LogP contribution in [0, 0.1) is 5.92 Å². The number of methoxy groups -OCH3 is 1. The Balaban J connectivity index is 3.32. The molecule has 0 aromatic heterocycles. The molecule has 0 saturated carbocycles. The summed E-state index contributed by atoms with van der Waals surface area (Å²) in [5.41, 5.74) is -0.606. The molecule has 0 aromatic rings. The van der Waals surface area contributed by atoms with Gasteiger partial charge in [-0.15, -0.1) is 0 Å². The molecule has 0 aliphatic carbocycles. The maximum Gasteiger partial charge on any atom is 0.0746 e. The van der Waals surface area contributed by atoms with Crippen molar-refractivity contribution < 1.29 is 14.6 Å². The average Bonchev–Trinajstić information content (AvgIpc) is 2.20. The lowest BCUT2D eigenvalue weighted by Crippen LogP contribution is -2.39. The summed E-state index contributed by atoms with van der Waals surface area (Å²) in [5, 5.41) is 13.3. The fourth-order valence-corrected chi connectivity index (χ4v) is 1.85. The van der Waals surface area contributed by atoms with Crippen LogP contribution in [-0.2, 0) is 9.47 Å². The van der Waals surface area contributed by atoms with Gasteiger partial charge in [-0.2, -0.15) is 0 Å². The molecule has 1 unspecified atom stereocenters. The molecule has 0 aromatic carbocycles. The third-order valence-electron chi connectivity index (χ3n) is 2.43. The fraction of sp³-hybridized carbons (Fsp3) is 1.00. The zero-order valence-electron chi connectivity index (χ0n) is 11.8. The van der Waals surface area contributed by atoms with Gasteiger partial charge in [0.25, 0.3) is 0 Å². The van der Waals surface area contributed by atoms with Gasteiger partial charge in [-0.05, 0) is 32.2 Å². The van der Waals surface area contributed by atoms with Gasteiger partial charge in [-0.1, -0.05) is 13.8 Å². The molecule has 0 saturated heterocycles. The molecular weight excluding hydrogens is 218 g/mol. The van der Waals surface area contributed by atoms with Crippen LogP contribution in [0.25, 0.3) is 0 Å². The minimum atomic E-state index is -0.606. The highest BCUT2D eigenvalue weighted by molar-refractivity contribution is 4.76. The summed E-state index contributed by atoms with van der Waals surface area (Å²) in [6.07, 6.45) is 1.78. The molecule has 4 nitrogen and oxygen atoms in total. The summed E-state index contributed by atoms with van der Waals surface area (Å²) in [4.78, 5) is 0. The molecule has 2 N–H and O–H groups in total. The third-order valence-corrected chi connectivity index (χ3v) is 2.43. The summed E-state index contributed by atoms with van der Waals surface area (Å²) in [6, 6.07) is 0. The lowest BCUT2D eigenvalue weighted by molar-refractivity contribution is 0.0370. The average molecular weight is 247 g/mol. The topological polar surface area (TPSA) is 50.7 Å². The quantitative estimate of drug-likeness (QED) is 0.542. The van der Waals surface area contributed by atoms with E-state index in [1.165, 1.54) is 0 Å². The summed E-state index contributed by atoms with van der Waals surface area (Å²) < 4.78 is 10.2. The van der Waals surface area contributed by atoms with Crippen LogP contribution in [0.1, 0.15) is 33.6 Å². The van der Waals surface area contributed by atoms with Crippen molar-refractivity contribution in [2.24, 2.45) is 5.92 Å². The number of ether oxygens (including phenoxy) is 2. The van der Waals surface area contributed by atoms with Crippen LogP contribution in [0.2, 0.25) is 0 Å². The van der Waals surface area contributed by atoms with E-state index >= 15 is 0 Å². The summed E-state index contributed by atoms with van der Waals surface area (Å²) >= 11 is 0. The second-order valence-electron chi connectivity index (χ2n) is 5.23. The first kappa shape index (κ1) is 16.8. The lowest BCUT2D eigenvalue weighted by atomic mass is 9.94. The highest BCUT2D eigenvalue weighted by Gasteiger charge is 2.20. The minimum Gasteiger partial charge on any atom is -0.389 e. The zero-order valence-corrected chi connectivity index (χ0v) is 11.8. The van der Waals surface area contributed by atoms with E-state index in [0.29, 0.717) is 25.7 Å². The summed E-state index contributed by atoms with van der Waals surface area (Å²) in [7, 11) is 1.67. The first-order valence-electron chi connectivity index (χ1n) is 6.48. The number of rotatable bonds is 11. The normalized spacial score (nSPS) is 15.2. The molecule has 0 rings (SSSR count). The van der Waals surface area contributed by atoms with Gasteiger partial charge in [0, 0.05) is 20.3 Å². The molecule has 1 atom stereocenters. The second-order valence-corrected chi connectivity index (χ2v) is 5.23. The second kappa shape index (κ2) is 9.83. The molecule has 0 aliphatic heterocycles. The van der Waals surface area contributed by atoms with Crippen LogP contribution in [-0.4, -0.2) is 50.7 Å². The van der Waals surface area contributed by atoms with Gasteiger partial charge in [0.15, 0.2) is 0 Å². The van der Waals surface area contributed by atoms with E-state index in [9.17, 15) is 5.11 Å². The first-order valence-corrected chi connectivity index (χ1v) is 6.48. The van der Waals surface area contributed by atoms with Crippen LogP contribution >= 0.6 is 0 Å². The van der Waals surface area contributed by atoms with Crippen molar-refractivity contribution in [3.05, 3.63) is 0 Å². The molecule has 0 bridgehead atoms. The Hall–Kier alpha value is -0.160. The Morgan fingerprint density at radius 3 is 2.53 bits per heavy atom. The minimum absolute atomic E-state index is 0.518. The Labute approximate surface area is 106 Å². The molecule has 0 fully saturated rings. The fourth-order valence-electron chi connectivity index (χ4n) is 1.85. The Kier molecular flexibility index (Phi) is 9.74. The Morgan fingerprint density at radius 1 is 1.24 bits per heavy atom. The first-order chi connectivity index (χ1) is 7.98. The van der Waals surface area contributed by atoms with E-state index in [1.54, 1.807) is 7.11 Å². The predicted molar refractivity (Wildman–Crippen MR) is 70.3 cm³/mol. The molecule has 0 heterocycles. The maximum absolute atomic E-state index is 10.0. The monoisotopic (exact) mass is 247 g/mol. The number of aliphatic hydroxyl groups is 1. The van der Waals surface area contributed by atoms with Gasteiger partial charge in [0.05, 0.1) is 18.8 Å². The van der Waals surface area contributed by atoms with E-state index in [0.717, 1.165) is 26.0 Å². The lowest BCUT2D eigenvalue weighted by Gasteiger charge is -2.25. The van der Waals surface area contributed by atoms with Crippen molar-refractivity contribution in [1.82, 2.24) is 5.32 Å². The standard InChI is InChI=1S/C13H29NO3/c1-12(2)10-13(3,15)11-14-6-5-7-17-9-8-16-4/h12,14-15H,5-11H2,1-4H3. The van der Waals surface area contributed by atoms with E-state index < -0.39 is 5.60 Å². The number of hydrogen-bond acceptors (Lipinski definition) is 4. The van der Waals surface area contributed by atoms with Crippen LogP contribution in [0.15, 0.2) is 0 Å². The van der Waals surface area contributed by atoms with Crippen molar-refractivity contribution in [2.75, 3.05) is 40.0 Å². The number of hydrogen-bond donors (Lipinski definition) is 2. The molecule has 17 heavy (non-hydrogen) atoms. The van der Waals surface area contributed by atoms with E-state index in [1.807, 2.05) is 6.92 Å². The largest absolute Gasteiger partial charge is 0.389 e. The van der Waals surface area contributed by atoms with Crippen LogP contribution in [0.4, 0.5) is 0 Å². The molecule has 0 spiro atoms. The van der Waals surface area contributed by atoms with Crippen molar-refractivity contribution in [1.29, 1.82) is 0 Å². The highest BCUT2D eigenvalue weighted by Crippen LogP contribution is 2.14. The van der Waals surface area contributed by atoms with E-state index in [-0.39, 0.29) is 0 Å². The van der Waals surface area contributed by atoms with Crippen LogP contribution < -0.4 is 5.32 Å². The predicted octanol–water partition coefficient (Wildman–Crippen LogP) is 1.43. The number of nitrogens with one attached hydrogen (secondary N) is 1. The van der Waals surface area contributed by atoms with Crippen LogP contribution in [0.3, 0.4) is 0 Å². The van der Waals surface area contributed by atoms with Crippen molar-refractivity contribution in [3.63, 3.8) is 0 Å². The van der Waals surface area contributed by atoms with Gasteiger partial charge in [0.1, 0.15) is 0 Å². The molecule has 0 radical (unpaired) electrons. The highest BCUT2D eigenvalue weighted by atomic mass is 16.5. The van der Waals surface area contributed by atoms with Crippen molar-refractivity contribution >= 4 is 0 Å². The third kappa shape index (κ3) is 12.1. The van der Waals surface area contributed by atoms with Gasteiger partial charge < -0.3 is 19.9 Å². The Bertz CT molecular complexity index is 172. The van der Waals surface area contributed by atoms with Crippen LogP contribution in [0.5, 0.6) is 0 Å². The van der Waals surface area contributed by atoms with Gasteiger partial charge in [0.2, 0.25) is 0 Å².